The average Bonchev–Trinajstić information content (AvgIpc) is 2.63. The van der Waals surface area contributed by atoms with Crippen molar-refractivity contribution in [3.63, 3.8) is 0 Å². The Bertz CT molecular complexity index is 577. The summed E-state index contributed by atoms with van der Waals surface area (Å²) < 4.78 is 33.4. The molecule has 0 spiro atoms. The lowest BCUT2D eigenvalue weighted by Gasteiger charge is -2.26. The third kappa shape index (κ3) is 2.22. The number of aliphatic hydroxyl groups excluding tert-OH is 2. The number of halogens is 2. The van der Waals surface area contributed by atoms with E-state index in [4.69, 9.17) is 22.1 Å². The molecule has 1 aliphatic rings. The van der Waals surface area contributed by atoms with E-state index in [0.29, 0.717) is 0 Å². The Morgan fingerprint density at radius 3 is 2.84 bits per heavy atom. The monoisotopic (exact) mass is 294 g/mol. The Labute approximate surface area is 111 Å². The van der Waals surface area contributed by atoms with Crippen LogP contribution in [0.25, 0.3) is 0 Å². The highest BCUT2D eigenvalue weighted by atomic mass is 32.1. The van der Waals surface area contributed by atoms with Gasteiger partial charge in [0.2, 0.25) is 5.67 Å². The lowest BCUT2D eigenvalue weighted by Crippen LogP contribution is -2.45. The van der Waals surface area contributed by atoms with Gasteiger partial charge in [-0.05, 0) is 12.2 Å². The predicted molar refractivity (Wildman–Crippen MR) is 62.7 cm³/mol. The van der Waals surface area contributed by atoms with Crippen LogP contribution in [-0.4, -0.2) is 50.9 Å². The van der Waals surface area contributed by atoms with Crippen LogP contribution in [0.3, 0.4) is 0 Å². The molecule has 0 aliphatic carbocycles. The van der Waals surface area contributed by atoms with Gasteiger partial charge in [-0.1, -0.05) is 0 Å². The van der Waals surface area contributed by atoms with Gasteiger partial charge in [-0.25, -0.2) is 8.78 Å². The Morgan fingerprint density at radius 2 is 2.32 bits per heavy atom. The number of rotatable bonds is 3. The first kappa shape index (κ1) is 14.3. The van der Waals surface area contributed by atoms with Crippen molar-refractivity contribution in [3.8, 4) is 0 Å². The van der Waals surface area contributed by atoms with Gasteiger partial charge in [0.25, 0.3) is 5.56 Å². The second-order valence-electron chi connectivity index (χ2n) is 4.23. The molecule has 1 aromatic rings. The van der Waals surface area contributed by atoms with E-state index in [9.17, 15) is 18.7 Å². The molecule has 0 saturated carbocycles. The second-order valence-corrected chi connectivity index (χ2v) is 4.62. The Morgan fingerprint density at radius 1 is 1.63 bits per heavy atom. The van der Waals surface area contributed by atoms with E-state index in [1.807, 2.05) is 0 Å². The van der Waals surface area contributed by atoms with Gasteiger partial charge in [-0.2, -0.15) is 0 Å². The molecule has 2 rings (SSSR count). The van der Waals surface area contributed by atoms with Crippen molar-refractivity contribution in [3.05, 3.63) is 27.4 Å². The molecular weight excluding hydrogens is 282 g/mol. The Hall–Kier alpha value is -1.16. The molecule has 1 unspecified atom stereocenters. The maximum absolute atomic E-state index is 14.5. The average molecular weight is 294 g/mol. The Balaban J connectivity index is 2.48. The summed E-state index contributed by atoms with van der Waals surface area (Å²) in [6, 6.07) is 1.07. The zero-order valence-corrected chi connectivity index (χ0v) is 10.4. The van der Waals surface area contributed by atoms with E-state index in [-0.39, 0.29) is 4.77 Å². The summed E-state index contributed by atoms with van der Waals surface area (Å²) in [4.78, 5) is 13.3. The van der Waals surface area contributed by atoms with Crippen LogP contribution in [-0.2, 0) is 4.74 Å². The van der Waals surface area contributed by atoms with E-state index in [1.165, 1.54) is 0 Å². The molecule has 1 aliphatic heterocycles. The van der Waals surface area contributed by atoms with E-state index in [1.54, 1.807) is 0 Å². The second kappa shape index (κ2) is 5.08. The number of alkyl halides is 2. The minimum atomic E-state index is -2.75. The largest absolute Gasteiger partial charge is 0.394 e. The van der Waals surface area contributed by atoms with Crippen LogP contribution in [0.1, 0.15) is 6.23 Å². The molecule has 0 aromatic carbocycles. The van der Waals surface area contributed by atoms with Gasteiger partial charge < -0.3 is 14.9 Å². The molecule has 106 valence electrons. The summed E-state index contributed by atoms with van der Waals surface area (Å²) >= 11 is 4.83. The highest BCUT2D eigenvalue weighted by Crippen LogP contribution is 2.41. The minimum absolute atomic E-state index is 0.168. The lowest BCUT2D eigenvalue weighted by atomic mass is 9.97. The lowest BCUT2D eigenvalue weighted by molar-refractivity contribution is -0.0724. The van der Waals surface area contributed by atoms with Crippen molar-refractivity contribution in [1.82, 2.24) is 9.55 Å². The third-order valence-electron chi connectivity index (χ3n) is 3.05. The van der Waals surface area contributed by atoms with Gasteiger partial charge in [-0.3, -0.25) is 14.3 Å². The van der Waals surface area contributed by atoms with Crippen molar-refractivity contribution in [2.24, 2.45) is 0 Å². The maximum atomic E-state index is 14.5. The molecular formula is C10H12F2N2O4S. The standard InChI is InChI=1S/C10H12F2N2O4S/c11-4-10(12)7(17)5(3-15)18-8(10)14-2-1-6(16)13-9(14)19/h1-2,5,7-8,15,17H,3-4H2,(H,13,16,19)/t5-,7?,8-,10-/m1/s1. The fourth-order valence-electron chi connectivity index (χ4n) is 2.00. The topological polar surface area (TPSA) is 87.5 Å². The SMILES string of the molecule is O=c1ccn([C@@H]2O[C@H](CO)C(O)[C@]2(F)CF)c(=S)[nH]1. The van der Waals surface area contributed by atoms with E-state index in [2.05, 4.69) is 4.98 Å². The molecule has 3 N–H and O–H groups in total. The molecule has 1 fully saturated rings. The first-order valence-corrected chi connectivity index (χ1v) is 5.85. The van der Waals surface area contributed by atoms with Crippen molar-refractivity contribution >= 4 is 12.2 Å². The van der Waals surface area contributed by atoms with Crippen molar-refractivity contribution in [2.75, 3.05) is 13.3 Å². The molecule has 0 radical (unpaired) electrons. The number of aromatic nitrogens is 2. The molecule has 2 heterocycles. The fourth-order valence-corrected chi connectivity index (χ4v) is 2.26. The molecule has 4 atom stereocenters. The summed E-state index contributed by atoms with van der Waals surface area (Å²) in [7, 11) is 0. The van der Waals surface area contributed by atoms with Crippen LogP contribution in [0.2, 0.25) is 0 Å². The zero-order valence-electron chi connectivity index (χ0n) is 9.62. The molecule has 0 bridgehead atoms. The summed E-state index contributed by atoms with van der Waals surface area (Å²) in [6.45, 7) is -2.18. The number of aliphatic hydroxyl groups is 2. The van der Waals surface area contributed by atoms with Gasteiger partial charge in [-0.15, -0.1) is 0 Å². The number of aromatic amines is 1. The van der Waals surface area contributed by atoms with Gasteiger partial charge in [0.15, 0.2) is 11.0 Å². The maximum Gasteiger partial charge on any atom is 0.251 e. The number of nitrogens with one attached hydrogen (secondary N) is 1. The first-order valence-electron chi connectivity index (χ1n) is 5.44. The van der Waals surface area contributed by atoms with Crippen LogP contribution in [0, 0.1) is 4.77 Å². The van der Waals surface area contributed by atoms with Crippen LogP contribution in [0.5, 0.6) is 0 Å². The van der Waals surface area contributed by atoms with Crippen LogP contribution >= 0.6 is 12.2 Å². The summed E-state index contributed by atoms with van der Waals surface area (Å²) in [6.07, 6.45) is -3.52. The molecule has 19 heavy (non-hydrogen) atoms. The Kier molecular flexibility index (Phi) is 3.81. The first-order chi connectivity index (χ1) is 8.93. The predicted octanol–water partition coefficient (Wildman–Crippen LogP) is -0.166. The van der Waals surface area contributed by atoms with E-state index >= 15 is 0 Å². The van der Waals surface area contributed by atoms with E-state index < -0.39 is 42.9 Å². The normalized spacial score (nSPS) is 34.6. The van der Waals surface area contributed by atoms with Gasteiger partial charge >= 0.3 is 0 Å². The van der Waals surface area contributed by atoms with Gasteiger partial charge in [0, 0.05) is 12.3 Å². The molecule has 1 aromatic heterocycles. The van der Waals surface area contributed by atoms with Crippen LogP contribution in [0.15, 0.2) is 17.1 Å². The van der Waals surface area contributed by atoms with Crippen molar-refractivity contribution in [2.45, 2.75) is 24.1 Å². The molecule has 9 heteroatoms. The van der Waals surface area contributed by atoms with E-state index in [0.717, 1.165) is 16.8 Å². The minimum Gasteiger partial charge on any atom is -0.394 e. The van der Waals surface area contributed by atoms with Crippen molar-refractivity contribution < 1.29 is 23.7 Å². The summed E-state index contributed by atoms with van der Waals surface area (Å²) in [5, 5.41) is 18.6. The summed E-state index contributed by atoms with van der Waals surface area (Å²) in [5.74, 6) is 0. The fraction of sp³-hybridized carbons (Fsp3) is 0.600. The molecule has 6 nitrogen and oxygen atoms in total. The zero-order chi connectivity index (χ0) is 14.2. The number of ether oxygens (including phenoxy) is 1. The number of hydrogen-bond acceptors (Lipinski definition) is 5. The van der Waals surface area contributed by atoms with Crippen molar-refractivity contribution in [1.29, 1.82) is 0 Å². The summed E-state index contributed by atoms with van der Waals surface area (Å²) in [5.41, 5.74) is -3.24. The van der Waals surface area contributed by atoms with Gasteiger partial charge in [0.1, 0.15) is 18.9 Å². The van der Waals surface area contributed by atoms with Crippen LogP contribution in [0.4, 0.5) is 8.78 Å². The third-order valence-corrected chi connectivity index (χ3v) is 3.36. The van der Waals surface area contributed by atoms with Gasteiger partial charge in [0.05, 0.1) is 6.61 Å². The van der Waals surface area contributed by atoms with Crippen LogP contribution < -0.4 is 5.56 Å². The number of H-pyrrole nitrogens is 1. The highest BCUT2D eigenvalue weighted by molar-refractivity contribution is 7.71. The molecule has 0 amide bonds. The smallest absolute Gasteiger partial charge is 0.251 e. The molecule has 1 saturated heterocycles. The number of nitrogens with zero attached hydrogens (tertiary/aromatic N) is 1. The quantitative estimate of drug-likeness (QED) is 0.674. The number of hydrogen-bond donors (Lipinski definition) is 3. The highest BCUT2D eigenvalue weighted by Gasteiger charge is 2.58.